The van der Waals surface area contributed by atoms with Crippen LogP contribution in [0.4, 0.5) is 0 Å². The molecule has 0 spiro atoms. The highest BCUT2D eigenvalue weighted by Crippen LogP contribution is 1.92. The molecule has 1 unspecified atom stereocenters. The van der Waals surface area contributed by atoms with Crippen LogP contribution in [-0.2, 0) is 0 Å². The van der Waals surface area contributed by atoms with E-state index in [2.05, 4.69) is 6.58 Å². The van der Waals surface area contributed by atoms with E-state index in [1.165, 1.54) is 0 Å². The highest BCUT2D eigenvalue weighted by atomic mass is 16.3. The standard InChI is InChI=1S/C5H11NO/c1-4(2)5(7)3-6/h5,7H,1,3,6H2,2H3. The van der Waals surface area contributed by atoms with E-state index in [0.29, 0.717) is 0 Å². The lowest BCUT2D eigenvalue weighted by atomic mass is 10.2. The fourth-order valence-corrected chi connectivity index (χ4v) is 0.201. The van der Waals surface area contributed by atoms with Crippen LogP contribution in [-0.4, -0.2) is 17.8 Å². The first-order valence-corrected chi connectivity index (χ1v) is 2.22. The fourth-order valence-electron chi connectivity index (χ4n) is 0.201. The second-order valence-corrected chi connectivity index (χ2v) is 1.60. The first-order valence-electron chi connectivity index (χ1n) is 2.22. The molecule has 0 aromatic rings. The largest absolute Gasteiger partial charge is 0.387 e. The van der Waals surface area contributed by atoms with Crippen molar-refractivity contribution in [2.45, 2.75) is 13.0 Å². The second kappa shape index (κ2) is 2.77. The molecular weight excluding hydrogens is 90.1 g/mol. The number of hydrogen-bond acceptors (Lipinski definition) is 2. The van der Waals surface area contributed by atoms with Crippen molar-refractivity contribution < 1.29 is 5.11 Å². The highest BCUT2D eigenvalue weighted by Gasteiger charge is 1.97. The topological polar surface area (TPSA) is 46.2 Å². The quantitative estimate of drug-likeness (QED) is 0.476. The Morgan fingerprint density at radius 1 is 2.00 bits per heavy atom. The van der Waals surface area contributed by atoms with Crippen LogP contribution in [0.3, 0.4) is 0 Å². The van der Waals surface area contributed by atoms with Gasteiger partial charge in [0.05, 0.1) is 6.10 Å². The van der Waals surface area contributed by atoms with Crippen molar-refractivity contribution >= 4 is 0 Å². The Hall–Kier alpha value is -0.340. The van der Waals surface area contributed by atoms with Gasteiger partial charge in [-0.05, 0) is 6.92 Å². The molecule has 2 nitrogen and oxygen atoms in total. The van der Waals surface area contributed by atoms with Crippen LogP contribution in [0.5, 0.6) is 0 Å². The molecule has 1 atom stereocenters. The Labute approximate surface area is 43.6 Å². The monoisotopic (exact) mass is 101 g/mol. The summed E-state index contributed by atoms with van der Waals surface area (Å²) < 4.78 is 0. The summed E-state index contributed by atoms with van der Waals surface area (Å²) in [5.74, 6) is 0. The van der Waals surface area contributed by atoms with Gasteiger partial charge in [0.25, 0.3) is 0 Å². The molecule has 0 radical (unpaired) electrons. The van der Waals surface area contributed by atoms with Gasteiger partial charge in [-0.3, -0.25) is 0 Å². The number of hydrogen-bond donors (Lipinski definition) is 2. The molecule has 0 bridgehead atoms. The van der Waals surface area contributed by atoms with Gasteiger partial charge in [0, 0.05) is 6.54 Å². The third-order valence-electron chi connectivity index (χ3n) is 0.792. The van der Waals surface area contributed by atoms with E-state index < -0.39 is 6.10 Å². The molecule has 0 aliphatic carbocycles. The third-order valence-corrected chi connectivity index (χ3v) is 0.792. The molecule has 0 saturated heterocycles. The maximum Gasteiger partial charge on any atom is 0.0867 e. The summed E-state index contributed by atoms with van der Waals surface area (Å²) in [7, 11) is 0. The number of rotatable bonds is 2. The van der Waals surface area contributed by atoms with Crippen molar-refractivity contribution in [2.24, 2.45) is 5.73 Å². The van der Waals surface area contributed by atoms with Crippen molar-refractivity contribution in [3.63, 3.8) is 0 Å². The van der Waals surface area contributed by atoms with Gasteiger partial charge in [-0.15, -0.1) is 0 Å². The number of aliphatic hydroxyl groups excluding tert-OH is 1. The van der Waals surface area contributed by atoms with Crippen LogP contribution < -0.4 is 5.73 Å². The van der Waals surface area contributed by atoms with Gasteiger partial charge in [0.15, 0.2) is 0 Å². The summed E-state index contributed by atoms with van der Waals surface area (Å²) in [5, 5.41) is 8.71. The molecule has 7 heavy (non-hydrogen) atoms. The Bertz CT molecular complexity index is 70.5. The summed E-state index contributed by atoms with van der Waals surface area (Å²) in [5.41, 5.74) is 5.79. The molecule has 0 heterocycles. The Kier molecular flexibility index (Phi) is 2.64. The number of aliphatic hydroxyl groups is 1. The van der Waals surface area contributed by atoms with E-state index in [1.54, 1.807) is 6.92 Å². The summed E-state index contributed by atoms with van der Waals surface area (Å²) in [6.45, 7) is 5.52. The first kappa shape index (κ1) is 6.66. The molecular formula is C5H11NO. The van der Waals surface area contributed by atoms with Crippen molar-refractivity contribution in [1.29, 1.82) is 0 Å². The van der Waals surface area contributed by atoms with Gasteiger partial charge in [-0.1, -0.05) is 12.2 Å². The molecule has 0 aliphatic rings. The molecule has 0 rings (SSSR count). The minimum absolute atomic E-state index is 0.273. The maximum atomic E-state index is 8.71. The zero-order valence-electron chi connectivity index (χ0n) is 4.52. The van der Waals surface area contributed by atoms with E-state index in [0.717, 1.165) is 5.57 Å². The van der Waals surface area contributed by atoms with Gasteiger partial charge >= 0.3 is 0 Å². The van der Waals surface area contributed by atoms with Gasteiger partial charge in [-0.2, -0.15) is 0 Å². The Balaban J connectivity index is 3.34. The molecule has 0 fully saturated rings. The van der Waals surface area contributed by atoms with Crippen LogP contribution in [0.2, 0.25) is 0 Å². The predicted molar refractivity (Wildman–Crippen MR) is 29.9 cm³/mol. The minimum Gasteiger partial charge on any atom is -0.387 e. The third kappa shape index (κ3) is 2.37. The molecule has 42 valence electrons. The average molecular weight is 101 g/mol. The molecule has 0 aliphatic heterocycles. The summed E-state index contributed by atoms with van der Waals surface area (Å²) in [6, 6.07) is 0. The van der Waals surface area contributed by atoms with Crippen molar-refractivity contribution in [2.75, 3.05) is 6.54 Å². The number of nitrogens with two attached hydrogens (primary N) is 1. The molecule has 3 N–H and O–H groups in total. The van der Waals surface area contributed by atoms with Crippen LogP contribution in [0.15, 0.2) is 12.2 Å². The van der Waals surface area contributed by atoms with Crippen molar-refractivity contribution in [3.05, 3.63) is 12.2 Å². The Morgan fingerprint density at radius 2 is 2.43 bits per heavy atom. The lowest BCUT2D eigenvalue weighted by Gasteiger charge is -2.03. The van der Waals surface area contributed by atoms with Gasteiger partial charge in [0.1, 0.15) is 0 Å². The zero-order valence-corrected chi connectivity index (χ0v) is 4.52. The normalized spacial score (nSPS) is 13.6. The van der Waals surface area contributed by atoms with Crippen LogP contribution >= 0.6 is 0 Å². The predicted octanol–water partition coefficient (Wildman–Crippen LogP) is -0.118. The second-order valence-electron chi connectivity index (χ2n) is 1.60. The van der Waals surface area contributed by atoms with E-state index in [1.807, 2.05) is 0 Å². The van der Waals surface area contributed by atoms with Crippen LogP contribution in [0.25, 0.3) is 0 Å². The Morgan fingerprint density at radius 3 is 2.43 bits per heavy atom. The van der Waals surface area contributed by atoms with Crippen molar-refractivity contribution in [1.82, 2.24) is 0 Å². The lowest BCUT2D eigenvalue weighted by molar-refractivity contribution is 0.219. The summed E-state index contributed by atoms with van der Waals surface area (Å²) >= 11 is 0. The first-order chi connectivity index (χ1) is 3.18. The van der Waals surface area contributed by atoms with E-state index in [-0.39, 0.29) is 6.54 Å². The molecule has 0 aromatic heterocycles. The van der Waals surface area contributed by atoms with Gasteiger partial charge in [0.2, 0.25) is 0 Å². The summed E-state index contributed by atoms with van der Waals surface area (Å²) in [4.78, 5) is 0. The van der Waals surface area contributed by atoms with Crippen molar-refractivity contribution in [3.8, 4) is 0 Å². The molecule has 2 heteroatoms. The minimum atomic E-state index is -0.514. The van der Waals surface area contributed by atoms with E-state index in [9.17, 15) is 0 Å². The highest BCUT2D eigenvalue weighted by molar-refractivity contribution is 4.96. The molecule has 0 amide bonds. The smallest absolute Gasteiger partial charge is 0.0867 e. The fraction of sp³-hybridized carbons (Fsp3) is 0.600. The van der Waals surface area contributed by atoms with Gasteiger partial charge in [-0.25, -0.2) is 0 Å². The van der Waals surface area contributed by atoms with Crippen LogP contribution in [0.1, 0.15) is 6.92 Å². The van der Waals surface area contributed by atoms with E-state index >= 15 is 0 Å². The SMILES string of the molecule is C=C(C)C(O)CN. The molecule has 0 aromatic carbocycles. The molecule has 0 saturated carbocycles. The average Bonchev–Trinajstić information content (AvgIpc) is 1.65. The maximum absolute atomic E-state index is 8.71. The van der Waals surface area contributed by atoms with E-state index in [4.69, 9.17) is 10.8 Å². The van der Waals surface area contributed by atoms with Crippen LogP contribution in [0, 0.1) is 0 Å². The zero-order chi connectivity index (χ0) is 5.86. The summed E-state index contributed by atoms with van der Waals surface area (Å²) in [6.07, 6.45) is -0.514. The lowest BCUT2D eigenvalue weighted by Crippen LogP contribution is -2.19. The van der Waals surface area contributed by atoms with Gasteiger partial charge < -0.3 is 10.8 Å².